The van der Waals surface area contributed by atoms with E-state index in [-0.39, 0.29) is 24.1 Å². The molecule has 1 saturated heterocycles. The van der Waals surface area contributed by atoms with Gasteiger partial charge in [-0.15, -0.1) is 11.3 Å². The van der Waals surface area contributed by atoms with E-state index in [1.807, 2.05) is 13.0 Å². The summed E-state index contributed by atoms with van der Waals surface area (Å²) in [5.41, 5.74) is 0. The predicted octanol–water partition coefficient (Wildman–Crippen LogP) is 2.03. The predicted molar refractivity (Wildman–Crippen MR) is 68.6 cm³/mol. The van der Waals surface area contributed by atoms with E-state index in [0.717, 1.165) is 16.2 Å². The van der Waals surface area contributed by atoms with E-state index in [0.29, 0.717) is 24.1 Å². The van der Waals surface area contributed by atoms with Crippen LogP contribution in [0, 0.1) is 0 Å². The van der Waals surface area contributed by atoms with Gasteiger partial charge in [-0.25, -0.2) is 0 Å². The summed E-state index contributed by atoms with van der Waals surface area (Å²) in [5.74, 6) is -0.609. The maximum atomic E-state index is 12.0. The first-order valence-corrected chi connectivity index (χ1v) is 6.88. The molecule has 1 fully saturated rings. The number of hydrogen-bond donors (Lipinski definition) is 0. The normalized spacial score (nSPS) is 16.2. The van der Waals surface area contributed by atoms with E-state index < -0.39 is 0 Å². The molecule has 18 heavy (non-hydrogen) atoms. The van der Waals surface area contributed by atoms with Crippen LogP contribution >= 0.6 is 11.3 Å². The number of hydrogen-bond acceptors (Lipinski definition) is 4. The number of ketones is 1. The second-order valence-corrected chi connectivity index (χ2v) is 5.44. The summed E-state index contributed by atoms with van der Waals surface area (Å²) >= 11 is 1.43. The van der Waals surface area contributed by atoms with E-state index in [9.17, 15) is 14.4 Å². The summed E-state index contributed by atoms with van der Waals surface area (Å²) in [7, 11) is 0. The molecule has 0 saturated carbocycles. The van der Waals surface area contributed by atoms with Gasteiger partial charge in [0.05, 0.1) is 11.4 Å². The van der Waals surface area contributed by atoms with Gasteiger partial charge in [0.25, 0.3) is 0 Å². The van der Waals surface area contributed by atoms with Crippen molar-refractivity contribution in [3.8, 4) is 0 Å². The van der Waals surface area contributed by atoms with Crippen LogP contribution in [0.15, 0.2) is 12.1 Å². The van der Waals surface area contributed by atoms with Crippen LogP contribution in [0.5, 0.6) is 0 Å². The zero-order valence-electron chi connectivity index (χ0n) is 10.3. The largest absolute Gasteiger partial charge is 0.291 e. The molecule has 5 heteroatoms. The Morgan fingerprint density at radius 3 is 2.50 bits per heavy atom. The van der Waals surface area contributed by atoms with Gasteiger partial charge in [-0.3, -0.25) is 19.3 Å². The molecule has 0 radical (unpaired) electrons. The highest BCUT2D eigenvalue weighted by atomic mass is 32.1. The molecule has 2 heterocycles. The zero-order valence-corrected chi connectivity index (χ0v) is 11.1. The highest BCUT2D eigenvalue weighted by Crippen LogP contribution is 2.19. The van der Waals surface area contributed by atoms with Gasteiger partial charge in [0.15, 0.2) is 5.78 Å². The topological polar surface area (TPSA) is 54.5 Å². The summed E-state index contributed by atoms with van der Waals surface area (Å²) in [5, 5.41) is 0. The van der Waals surface area contributed by atoms with Crippen molar-refractivity contribution in [2.45, 2.75) is 32.6 Å². The number of amides is 2. The molecule has 1 aromatic heterocycles. The lowest BCUT2D eigenvalue weighted by molar-refractivity contribution is -0.147. The molecule has 0 aromatic carbocycles. The molecule has 1 aliphatic heterocycles. The fraction of sp³-hybridized carbons (Fsp3) is 0.462. The van der Waals surface area contributed by atoms with Crippen LogP contribution in [0.2, 0.25) is 0 Å². The Balaban J connectivity index is 2.06. The van der Waals surface area contributed by atoms with Gasteiger partial charge < -0.3 is 0 Å². The first kappa shape index (κ1) is 13.0. The Morgan fingerprint density at radius 1 is 1.28 bits per heavy atom. The maximum absolute atomic E-state index is 12.0. The maximum Gasteiger partial charge on any atom is 0.229 e. The first-order chi connectivity index (χ1) is 8.61. The number of carbonyl (C=O) groups excluding carboxylic acids is 3. The highest BCUT2D eigenvalue weighted by molar-refractivity contribution is 7.14. The van der Waals surface area contributed by atoms with Gasteiger partial charge in [0.1, 0.15) is 0 Å². The third-order valence-electron chi connectivity index (χ3n) is 2.97. The molecular weight excluding hydrogens is 250 g/mol. The van der Waals surface area contributed by atoms with Crippen LogP contribution in [0.3, 0.4) is 0 Å². The summed E-state index contributed by atoms with van der Waals surface area (Å²) < 4.78 is 0. The molecule has 0 spiro atoms. The quantitative estimate of drug-likeness (QED) is 0.618. The van der Waals surface area contributed by atoms with Crippen molar-refractivity contribution in [3.05, 3.63) is 21.9 Å². The molecule has 0 atom stereocenters. The summed E-state index contributed by atoms with van der Waals surface area (Å²) in [6.45, 7) is 1.92. The second-order valence-electron chi connectivity index (χ2n) is 4.27. The van der Waals surface area contributed by atoms with Crippen molar-refractivity contribution in [1.29, 1.82) is 0 Å². The van der Waals surface area contributed by atoms with Crippen molar-refractivity contribution in [1.82, 2.24) is 4.90 Å². The third kappa shape index (κ3) is 2.67. The van der Waals surface area contributed by atoms with Crippen LogP contribution in [-0.2, 0) is 16.0 Å². The second kappa shape index (κ2) is 5.44. The van der Waals surface area contributed by atoms with Crippen molar-refractivity contribution < 1.29 is 14.4 Å². The lowest BCUT2D eigenvalue weighted by Crippen LogP contribution is -2.43. The fourth-order valence-corrected chi connectivity index (χ4v) is 2.79. The summed E-state index contributed by atoms with van der Waals surface area (Å²) in [6, 6.07) is 3.68. The average Bonchev–Trinajstić information content (AvgIpc) is 2.82. The Morgan fingerprint density at radius 2 is 1.94 bits per heavy atom. The average molecular weight is 265 g/mol. The molecule has 0 aliphatic carbocycles. The molecule has 96 valence electrons. The van der Waals surface area contributed by atoms with Crippen molar-refractivity contribution in [2.75, 3.05) is 6.54 Å². The Kier molecular flexibility index (Phi) is 3.91. The lowest BCUT2D eigenvalue weighted by Gasteiger charge is -2.23. The fourth-order valence-electron chi connectivity index (χ4n) is 1.92. The van der Waals surface area contributed by atoms with Gasteiger partial charge >= 0.3 is 0 Å². The van der Waals surface area contributed by atoms with Gasteiger partial charge in [0, 0.05) is 17.7 Å². The van der Waals surface area contributed by atoms with Crippen LogP contribution < -0.4 is 0 Å². The molecule has 0 unspecified atom stereocenters. The minimum absolute atomic E-state index is 0.110. The standard InChI is InChI=1S/C13H15NO3S/c1-2-9-6-7-11(18-9)10(15)8-14-12(16)4-3-5-13(14)17/h6-7H,2-5,8H2,1H3. The number of rotatable bonds is 4. The van der Waals surface area contributed by atoms with E-state index in [1.165, 1.54) is 11.3 Å². The Labute approximate surface area is 110 Å². The number of carbonyl (C=O) groups is 3. The SMILES string of the molecule is CCc1ccc(C(=O)CN2C(=O)CCCC2=O)s1. The molecular formula is C13H15NO3S. The molecule has 1 aliphatic rings. The number of thiophene rings is 1. The number of likely N-dealkylation sites (tertiary alicyclic amines) is 1. The monoisotopic (exact) mass is 265 g/mol. The van der Waals surface area contributed by atoms with Gasteiger partial charge in [-0.2, -0.15) is 0 Å². The summed E-state index contributed by atoms with van der Waals surface area (Å²) in [6.07, 6.45) is 2.22. The smallest absolute Gasteiger partial charge is 0.229 e. The van der Waals surface area contributed by atoms with Crippen molar-refractivity contribution >= 4 is 28.9 Å². The number of nitrogens with zero attached hydrogens (tertiary/aromatic N) is 1. The van der Waals surface area contributed by atoms with E-state index in [2.05, 4.69) is 0 Å². The Bertz CT molecular complexity index is 476. The molecule has 0 bridgehead atoms. The van der Waals surface area contributed by atoms with Crippen molar-refractivity contribution in [2.24, 2.45) is 0 Å². The molecule has 4 nitrogen and oxygen atoms in total. The van der Waals surface area contributed by atoms with E-state index >= 15 is 0 Å². The number of imide groups is 1. The van der Waals surface area contributed by atoms with Crippen molar-refractivity contribution in [3.63, 3.8) is 0 Å². The highest BCUT2D eigenvalue weighted by Gasteiger charge is 2.28. The summed E-state index contributed by atoms with van der Waals surface area (Å²) in [4.78, 5) is 38.0. The van der Waals surface area contributed by atoms with Crippen LogP contribution in [0.25, 0.3) is 0 Å². The van der Waals surface area contributed by atoms with Crippen LogP contribution in [0.4, 0.5) is 0 Å². The number of aryl methyl sites for hydroxylation is 1. The van der Waals surface area contributed by atoms with E-state index in [4.69, 9.17) is 0 Å². The number of piperidine rings is 1. The molecule has 1 aromatic rings. The third-order valence-corrected chi connectivity index (χ3v) is 4.24. The van der Waals surface area contributed by atoms with Gasteiger partial charge in [-0.05, 0) is 25.0 Å². The van der Waals surface area contributed by atoms with Crippen LogP contribution in [-0.4, -0.2) is 29.0 Å². The minimum Gasteiger partial charge on any atom is -0.291 e. The minimum atomic E-state index is -0.230. The van der Waals surface area contributed by atoms with Crippen LogP contribution in [0.1, 0.15) is 40.7 Å². The zero-order chi connectivity index (χ0) is 13.1. The number of Topliss-reactive ketones (excluding diaryl/α,β-unsaturated/α-hetero) is 1. The van der Waals surface area contributed by atoms with Gasteiger partial charge in [-0.1, -0.05) is 6.92 Å². The molecule has 0 N–H and O–H groups in total. The van der Waals surface area contributed by atoms with Gasteiger partial charge in [0.2, 0.25) is 11.8 Å². The molecule has 2 rings (SSSR count). The first-order valence-electron chi connectivity index (χ1n) is 6.07. The molecule has 2 amide bonds. The lowest BCUT2D eigenvalue weighted by atomic mass is 10.1. The Hall–Kier alpha value is -1.49. The van der Waals surface area contributed by atoms with E-state index in [1.54, 1.807) is 6.07 Å².